The molecule has 0 unspecified atom stereocenters. The van der Waals surface area contributed by atoms with Crippen molar-refractivity contribution in [3.63, 3.8) is 0 Å². The van der Waals surface area contributed by atoms with Gasteiger partial charge in [0.2, 0.25) is 0 Å². The maximum absolute atomic E-state index is 10.4. The van der Waals surface area contributed by atoms with Gasteiger partial charge >= 0.3 is 5.97 Å². The Hall–Kier alpha value is -0.530. The number of carboxylic acids is 1. The Morgan fingerprint density at radius 1 is 0.625 bits per heavy atom. The Morgan fingerprint density at radius 2 is 0.958 bits per heavy atom. The second-order valence-electron chi connectivity index (χ2n) is 7.56. The first kappa shape index (κ1) is 23.5. The highest BCUT2D eigenvalue weighted by atomic mass is 16.4. The van der Waals surface area contributed by atoms with Crippen LogP contribution in [0.15, 0.2) is 0 Å². The monoisotopic (exact) mass is 340 g/mol. The van der Waals surface area contributed by atoms with Gasteiger partial charge in [0.05, 0.1) is 0 Å². The van der Waals surface area contributed by atoms with Gasteiger partial charge in [-0.15, -0.1) is 0 Å². The molecule has 0 aliphatic rings. The van der Waals surface area contributed by atoms with Crippen molar-refractivity contribution in [2.75, 3.05) is 0 Å². The quantitative estimate of drug-likeness (QED) is 0.244. The summed E-state index contributed by atoms with van der Waals surface area (Å²) in [6, 6.07) is 0. The average Bonchev–Trinajstić information content (AvgIpc) is 2.57. The Morgan fingerprint density at radius 3 is 1.29 bits per heavy atom. The van der Waals surface area contributed by atoms with Crippen LogP contribution in [0.5, 0.6) is 0 Å². The first-order valence-corrected chi connectivity index (χ1v) is 10.9. The second-order valence-corrected chi connectivity index (χ2v) is 7.56. The summed E-state index contributed by atoms with van der Waals surface area (Å²) in [6.07, 6.45) is 23.1. The van der Waals surface area contributed by atoms with Gasteiger partial charge in [-0.2, -0.15) is 0 Å². The Kier molecular flexibility index (Phi) is 18.4. The molecule has 0 spiro atoms. The van der Waals surface area contributed by atoms with Crippen LogP contribution in [0.4, 0.5) is 0 Å². The van der Waals surface area contributed by atoms with Crippen molar-refractivity contribution in [1.29, 1.82) is 0 Å². The van der Waals surface area contributed by atoms with E-state index >= 15 is 0 Å². The number of hydrogen-bond acceptors (Lipinski definition) is 1. The van der Waals surface area contributed by atoms with E-state index in [4.69, 9.17) is 5.11 Å². The van der Waals surface area contributed by atoms with E-state index in [1.165, 1.54) is 96.3 Å². The van der Waals surface area contributed by atoms with Crippen molar-refractivity contribution in [1.82, 2.24) is 0 Å². The van der Waals surface area contributed by atoms with Crippen LogP contribution >= 0.6 is 0 Å². The molecule has 144 valence electrons. The molecular formula is C22H44O2. The molecule has 1 N–H and O–H groups in total. The van der Waals surface area contributed by atoms with Gasteiger partial charge in [-0.3, -0.25) is 4.79 Å². The predicted octanol–water partition coefficient (Wildman–Crippen LogP) is 7.75. The highest BCUT2D eigenvalue weighted by Gasteiger charge is 2.02. The van der Waals surface area contributed by atoms with Crippen LogP contribution in [0.25, 0.3) is 0 Å². The number of carbonyl (C=O) groups is 1. The van der Waals surface area contributed by atoms with Crippen LogP contribution in [0, 0.1) is 5.92 Å². The number of hydrogen-bond donors (Lipinski definition) is 1. The highest BCUT2D eigenvalue weighted by molar-refractivity contribution is 5.66. The van der Waals surface area contributed by atoms with Crippen LogP contribution in [0.2, 0.25) is 0 Å². The number of unbranched alkanes of at least 4 members (excludes halogenated alkanes) is 13. The van der Waals surface area contributed by atoms with E-state index in [2.05, 4.69) is 13.8 Å². The van der Waals surface area contributed by atoms with E-state index in [9.17, 15) is 4.79 Å². The fourth-order valence-electron chi connectivity index (χ4n) is 3.53. The van der Waals surface area contributed by atoms with Crippen molar-refractivity contribution in [3.05, 3.63) is 0 Å². The summed E-state index contributed by atoms with van der Waals surface area (Å²) < 4.78 is 0. The molecule has 0 heterocycles. The van der Waals surface area contributed by atoms with Gasteiger partial charge in [0.1, 0.15) is 0 Å². The number of rotatable bonds is 19. The third-order valence-electron chi connectivity index (χ3n) is 5.41. The molecule has 0 aliphatic heterocycles. The van der Waals surface area contributed by atoms with E-state index in [1.807, 2.05) is 0 Å². The molecule has 0 rings (SSSR count). The molecule has 0 atom stereocenters. The second kappa shape index (κ2) is 18.8. The zero-order valence-corrected chi connectivity index (χ0v) is 16.7. The van der Waals surface area contributed by atoms with E-state index in [-0.39, 0.29) is 0 Å². The van der Waals surface area contributed by atoms with Gasteiger partial charge in [-0.25, -0.2) is 0 Å². The maximum atomic E-state index is 10.4. The average molecular weight is 341 g/mol. The Labute approximate surface area is 151 Å². The summed E-state index contributed by atoms with van der Waals surface area (Å²) in [5.74, 6) is 0.322. The molecule has 0 aromatic heterocycles. The van der Waals surface area contributed by atoms with Gasteiger partial charge in [0, 0.05) is 6.42 Å². The smallest absolute Gasteiger partial charge is 0.303 e. The van der Waals surface area contributed by atoms with Crippen molar-refractivity contribution < 1.29 is 9.90 Å². The van der Waals surface area contributed by atoms with Crippen LogP contribution < -0.4 is 0 Å². The van der Waals surface area contributed by atoms with Crippen molar-refractivity contribution in [2.24, 2.45) is 5.92 Å². The lowest BCUT2D eigenvalue weighted by Crippen LogP contribution is -1.96. The minimum Gasteiger partial charge on any atom is -0.481 e. The van der Waals surface area contributed by atoms with E-state index in [1.54, 1.807) is 0 Å². The zero-order chi connectivity index (χ0) is 17.9. The minimum atomic E-state index is -0.652. The predicted molar refractivity (Wildman–Crippen MR) is 106 cm³/mol. The van der Waals surface area contributed by atoms with Crippen molar-refractivity contribution >= 4 is 5.97 Å². The normalized spacial score (nSPS) is 11.3. The standard InChI is InChI=1S/C22H44O2/c1-3-21(4-2)19-17-15-13-11-9-7-5-6-8-10-12-14-16-18-20-22(23)24/h21H,3-20H2,1-2H3,(H,23,24). The summed E-state index contributed by atoms with van der Waals surface area (Å²) >= 11 is 0. The van der Waals surface area contributed by atoms with Crippen molar-refractivity contribution in [2.45, 2.75) is 129 Å². The van der Waals surface area contributed by atoms with Crippen LogP contribution in [-0.4, -0.2) is 11.1 Å². The molecule has 2 heteroatoms. The fourth-order valence-corrected chi connectivity index (χ4v) is 3.53. The summed E-state index contributed by atoms with van der Waals surface area (Å²) in [5.41, 5.74) is 0. The summed E-state index contributed by atoms with van der Waals surface area (Å²) in [7, 11) is 0. The molecule has 0 saturated carbocycles. The number of carboxylic acid groups (broad SMARTS) is 1. The molecule has 0 aliphatic carbocycles. The third kappa shape index (κ3) is 17.8. The highest BCUT2D eigenvalue weighted by Crippen LogP contribution is 2.18. The maximum Gasteiger partial charge on any atom is 0.303 e. The number of aliphatic carboxylic acids is 1. The Bertz CT molecular complexity index is 259. The van der Waals surface area contributed by atoms with Crippen LogP contribution in [0.1, 0.15) is 129 Å². The minimum absolute atomic E-state index is 0.345. The van der Waals surface area contributed by atoms with Crippen molar-refractivity contribution in [3.8, 4) is 0 Å². The lowest BCUT2D eigenvalue weighted by molar-refractivity contribution is -0.137. The molecule has 0 aromatic carbocycles. The van der Waals surface area contributed by atoms with Gasteiger partial charge < -0.3 is 5.11 Å². The fraction of sp³-hybridized carbons (Fsp3) is 0.955. The molecule has 24 heavy (non-hydrogen) atoms. The molecule has 0 amide bonds. The van der Waals surface area contributed by atoms with E-state index in [0.717, 1.165) is 18.8 Å². The first-order chi connectivity index (χ1) is 11.7. The Balaban J connectivity index is 3.06. The lowest BCUT2D eigenvalue weighted by atomic mass is 9.95. The van der Waals surface area contributed by atoms with Gasteiger partial charge in [0.25, 0.3) is 0 Å². The largest absolute Gasteiger partial charge is 0.481 e. The molecule has 0 saturated heterocycles. The first-order valence-electron chi connectivity index (χ1n) is 10.9. The SMILES string of the molecule is CCC(CC)CCCCCCCCCCCCCCCCC(=O)O. The summed E-state index contributed by atoms with van der Waals surface area (Å²) in [6.45, 7) is 4.65. The molecular weight excluding hydrogens is 296 g/mol. The van der Waals surface area contributed by atoms with Gasteiger partial charge in [0.15, 0.2) is 0 Å². The molecule has 0 radical (unpaired) electrons. The zero-order valence-electron chi connectivity index (χ0n) is 16.7. The van der Waals surface area contributed by atoms with Gasteiger partial charge in [-0.1, -0.05) is 117 Å². The van der Waals surface area contributed by atoms with Crippen LogP contribution in [-0.2, 0) is 4.79 Å². The van der Waals surface area contributed by atoms with E-state index < -0.39 is 5.97 Å². The molecule has 0 fully saturated rings. The topological polar surface area (TPSA) is 37.3 Å². The third-order valence-corrected chi connectivity index (χ3v) is 5.41. The van der Waals surface area contributed by atoms with Gasteiger partial charge in [-0.05, 0) is 12.3 Å². The molecule has 0 aromatic rings. The van der Waals surface area contributed by atoms with E-state index in [0.29, 0.717) is 6.42 Å². The summed E-state index contributed by atoms with van der Waals surface area (Å²) in [5, 5.41) is 8.56. The lowest BCUT2D eigenvalue weighted by Gasteiger charge is -2.11. The molecule has 0 bridgehead atoms. The summed E-state index contributed by atoms with van der Waals surface area (Å²) in [4.78, 5) is 10.4. The van der Waals surface area contributed by atoms with Crippen LogP contribution in [0.3, 0.4) is 0 Å². The molecule has 2 nitrogen and oxygen atoms in total.